The second kappa shape index (κ2) is 10.1. The lowest BCUT2D eigenvalue weighted by molar-refractivity contribution is 0.206. The molecule has 5 heteroatoms. The first-order chi connectivity index (χ1) is 11.2. The number of guanidine groups is 1. The quantitative estimate of drug-likeness (QED) is 0.553. The molecule has 0 radical (unpaired) electrons. The van der Waals surface area contributed by atoms with E-state index in [1.807, 2.05) is 7.05 Å². The van der Waals surface area contributed by atoms with Gasteiger partial charge in [-0.15, -0.1) is 0 Å². The highest BCUT2D eigenvalue weighted by Crippen LogP contribution is 2.15. The van der Waals surface area contributed by atoms with E-state index in [1.165, 1.54) is 71.4 Å². The SMILES string of the molecule is CCCN1CCC(NC(=NC)NCC2CCN(CCC)C2)CC1. The lowest BCUT2D eigenvalue weighted by Gasteiger charge is -2.33. The second-order valence-corrected chi connectivity index (χ2v) is 7.17. The number of nitrogens with one attached hydrogen (secondary N) is 2. The van der Waals surface area contributed by atoms with Gasteiger partial charge in [-0.05, 0) is 57.7 Å². The van der Waals surface area contributed by atoms with Crippen LogP contribution in [0.3, 0.4) is 0 Å². The standard InChI is InChI=1S/C18H37N5/c1-4-9-22-12-7-17(8-13-22)21-18(19-3)20-14-16-6-11-23(15-16)10-5-2/h16-17H,4-15H2,1-3H3,(H2,19,20,21). The molecule has 2 fully saturated rings. The largest absolute Gasteiger partial charge is 0.356 e. The Balaban J connectivity index is 1.64. The van der Waals surface area contributed by atoms with Crippen molar-refractivity contribution in [3.63, 3.8) is 0 Å². The normalized spacial score (nSPS) is 25.0. The highest BCUT2D eigenvalue weighted by atomic mass is 15.2. The first-order valence-corrected chi connectivity index (χ1v) is 9.67. The summed E-state index contributed by atoms with van der Waals surface area (Å²) in [6.07, 6.45) is 6.31. The molecular formula is C18H37N5. The van der Waals surface area contributed by atoms with Gasteiger partial charge in [0.1, 0.15) is 0 Å². The number of piperidine rings is 1. The van der Waals surface area contributed by atoms with Gasteiger partial charge in [0, 0.05) is 39.3 Å². The molecule has 5 nitrogen and oxygen atoms in total. The van der Waals surface area contributed by atoms with Crippen LogP contribution in [0.5, 0.6) is 0 Å². The molecule has 23 heavy (non-hydrogen) atoms. The molecule has 1 atom stereocenters. The first-order valence-electron chi connectivity index (χ1n) is 9.67. The van der Waals surface area contributed by atoms with E-state index in [2.05, 4.69) is 39.3 Å². The van der Waals surface area contributed by atoms with Crippen molar-refractivity contribution in [2.24, 2.45) is 10.9 Å². The van der Waals surface area contributed by atoms with E-state index in [1.54, 1.807) is 0 Å². The summed E-state index contributed by atoms with van der Waals surface area (Å²) in [4.78, 5) is 9.59. The zero-order chi connectivity index (χ0) is 16.5. The summed E-state index contributed by atoms with van der Waals surface area (Å²) < 4.78 is 0. The van der Waals surface area contributed by atoms with Crippen molar-refractivity contribution in [1.82, 2.24) is 20.4 Å². The predicted molar refractivity (Wildman–Crippen MR) is 99.1 cm³/mol. The molecule has 2 rings (SSSR count). The molecule has 2 N–H and O–H groups in total. The molecule has 2 aliphatic rings. The van der Waals surface area contributed by atoms with Crippen molar-refractivity contribution < 1.29 is 0 Å². The highest BCUT2D eigenvalue weighted by Gasteiger charge is 2.23. The van der Waals surface area contributed by atoms with Crippen LogP contribution in [0.2, 0.25) is 0 Å². The topological polar surface area (TPSA) is 42.9 Å². The third-order valence-electron chi connectivity index (χ3n) is 5.16. The van der Waals surface area contributed by atoms with Gasteiger partial charge >= 0.3 is 0 Å². The number of rotatable bonds is 7. The van der Waals surface area contributed by atoms with Crippen LogP contribution in [-0.4, -0.2) is 74.7 Å². The van der Waals surface area contributed by atoms with E-state index in [9.17, 15) is 0 Å². The van der Waals surface area contributed by atoms with E-state index in [4.69, 9.17) is 0 Å². The average molecular weight is 324 g/mol. The summed E-state index contributed by atoms with van der Waals surface area (Å²) in [7, 11) is 1.89. The molecule has 2 heterocycles. The van der Waals surface area contributed by atoms with E-state index >= 15 is 0 Å². The molecule has 0 aliphatic carbocycles. The minimum absolute atomic E-state index is 0.578. The van der Waals surface area contributed by atoms with Crippen molar-refractivity contribution in [1.29, 1.82) is 0 Å². The van der Waals surface area contributed by atoms with Crippen LogP contribution in [-0.2, 0) is 0 Å². The van der Waals surface area contributed by atoms with Crippen LogP contribution < -0.4 is 10.6 Å². The maximum Gasteiger partial charge on any atom is 0.191 e. The Kier molecular flexibility index (Phi) is 8.17. The zero-order valence-corrected chi connectivity index (χ0v) is 15.5. The fourth-order valence-electron chi connectivity index (χ4n) is 3.84. The Morgan fingerprint density at radius 1 is 1.00 bits per heavy atom. The predicted octanol–water partition coefficient (Wildman–Crippen LogP) is 1.76. The molecule has 1 unspecified atom stereocenters. The van der Waals surface area contributed by atoms with Crippen LogP contribution in [0.4, 0.5) is 0 Å². The Morgan fingerprint density at radius 2 is 1.65 bits per heavy atom. The molecule has 134 valence electrons. The number of aliphatic imine (C=N–C) groups is 1. The van der Waals surface area contributed by atoms with Gasteiger partial charge in [0.2, 0.25) is 0 Å². The summed E-state index contributed by atoms with van der Waals surface area (Å²) >= 11 is 0. The third kappa shape index (κ3) is 6.30. The van der Waals surface area contributed by atoms with Crippen molar-refractivity contribution in [2.45, 2.75) is 52.0 Å². The first kappa shape index (κ1) is 18.5. The fraction of sp³-hybridized carbons (Fsp3) is 0.944. The lowest BCUT2D eigenvalue weighted by Crippen LogP contribution is -2.49. The van der Waals surface area contributed by atoms with Crippen LogP contribution in [0.1, 0.15) is 46.0 Å². The molecule has 2 aliphatic heterocycles. The molecular weight excluding hydrogens is 286 g/mol. The Hall–Kier alpha value is -0.810. The summed E-state index contributed by atoms with van der Waals surface area (Å²) in [5.41, 5.74) is 0. The fourth-order valence-corrected chi connectivity index (χ4v) is 3.84. The van der Waals surface area contributed by atoms with Crippen molar-refractivity contribution in [3.05, 3.63) is 0 Å². The maximum absolute atomic E-state index is 4.42. The van der Waals surface area contributed by atoms with E-state index in [0.29, 0.717) is 6.04 Å². The van der Waals surface area contributed by atoms with Crippen LogP contribution >= 0.6 is 0 Å². The molecule has 0 spiro atoms. The van der Waals surface area contributed by atoms with Gasteiger partial charge in [0.05, 0.1) is 0 Å². The average Bonchev–Trinajstić information content (AvgIpc) is 3.01. The van der Waals surface area contributed by atoms with E-state index < -0.39 is 0 Å². The molecule has 0 aromatic heterocycles. The number of hydrogen-bond acceptors (Lipinski definition) is 3. The Labute approximate surface area is 142 Å². The van der Waals surface area contributed by atoms with Gasteiger partial charge in [-0.2, -0.15) is 0 Å². The van der Waals surface area contributed by atoms with Gasteiger partial charge in [0.25, 0.3) is 0 Å². The third-order valence-corrected chi connectivity index (χ3v) is 5.16. The molecule has 0 aromatic rings. The van der Waals surface area contributed by atoms with Gasteiger partial charge in [0.15, 0.2) is 5.96 Å². The molecule has 0 aromatic carbocycles. The summed E-state index contributed by atoms with van der Waals surface area (Å²) in [6.45, 7) is 13.0. The summed E-state index contributed by atoms with van der Waals surface area (Å²) in [5.74, 6) is 1.76. The van der Waals surface area contributed by atoms with Crippen molar-refractivity contribution >= 4 is 5.96 Å². The van der Waals surface area contributed by atoms with Crippen LogP contribution in [0.25, 0.3) is 0 Å². The van der Waals surface area contributed by atoms with Crippen molar-refractivity contribution in [3.8, 4) is 0 Å². The summed E-state index contributed by atoms with van der Waals surface area (Å²) in [6, 6.07) is 0.578. The minimum atomic E-state index is 0.578. The number of likely N-dealkylation sites (tertiary alicyclic amines) is 2. The molecule has 2 saturated heterocycles. The van der Waals surface area contributed by atoms with Gasteiger partial charge < -0.3 is 20.4 Å². The Bertz CT molecular complexity index is 349. The maximum atomic E-state index is 4.42. The van der Waals surface area contributed by atoms with E-state index in [-0.39, 0.29) is 0 Å². The second-order valence-electron chi connectivity index (χ2n) is 7.17. The smallest absolute Gasteiger partial charge is 0.191 e. The van der Waals surface area contributed by atoms with E-state index in [0.717, 1.165) is 18.4 Å². The monoisotopic (exact) mass is 323 g/mol. The molecule has 0 bridgehead atoms. The highest BCUT2D eigenvalue weighted by molar-refractivity contribution is 5.79. The molecule has 0 saturated carbocycles. The van der Waals surface area contributed by atoms with Crippen molar-refractivity contribution in [2.75, 3.05) is 52.9 Å². The van der Waals surface area contributed by atoms with Crippen LogP contribution in [0, 0.1) is 5.92 Å². The van der Waals surface area contributed by atoms with Crippen LogP contribution in [0.15, 0.2) is 4.99 Å². The van der Waals surface area contributed by atoms with Gasteiger partial charge in [-0.25, -0.2) is 0 Å². The number of hydrogen-bond donors (Lipinski definition) is 2. The summed E-state index contributed by atoms with van der Waals surface area (Å²) in [5, 5.41) is 7.18. The van der Waals surface area contributed by atoms with Gasteiger partial charge in [-0.3, -0.25) is 4.99 Å². The van der Waals surface area contributed by atoms with Gasteiger partial charge in [-0.1, -0.05) is 13.8 Å². The number of nitrogens with zero attached hydrogens (tertiary/aromatic N) is 3. The molecule has 0 amide bonds. The lowest BCUT2D eigenvalue weighted by atomic mass is 10.1. The minimum Gasteiger partial charge on any atom is -0.356 e. The zero-order valence-electron chi connectivity index (χ0n) is 15.5. The Morgan fingerprint density at radius 3 is 2.30 bits per heavy atom.